The van der Waals surface area contributed by atoms with Crippen LogP contribution < -0.4 is 5.73 Å². The Hall–Kier alpha value is -1.61. The van der Waals surface area contributed by atoms with Gasteiger partial charge in [-0.2, -0.15) is 13.2 Å². The van der Waals surface area contributed by atoms with Crippen molar-refractivity contribution in [1.29, 1.82) is 0 Å². The van der Waals surface area contributed by atoms with Crippen molar-refractivity contribution in [1.82, 2.24) is 0 Å². The molecule has 2 N–H and O–H groups in total. The summed E-state index contributed by atoms with van der Waals surface area (Å²) in [5.41, 5.74) is 4.25. The molecule has 0 aliphatic rings. The van der Waals surface area contributed by atoms with Gasteiger partial charge in [0.15, 0.2) is 5.12 Å². The van der Waals surface area contributed by atoms with Gasteiger partial charge in [-0.25, -0.2) is 0 Å². The van der Waals surface area contributed by atoms with E-state index in [4.69, 9.17) is 5.73 Å². The lowest BCUT2D eigenvalue weighted by molar-refractivity contribution is -0.136. The highest BCUT2D eigenvalue weighted by Gasteiger charge is 2.32. The number of rotatable bonds is 1. The largest absolute Gasteiger partial charge is 0.418 e. The van der Waals surface area contributed by atoms with E-state index in [1.54, 1.807) is 0 Å². The number of hydrogen-bond donors (Lipinski definition) is 1. The molecule has 0 saturated heterocycles. The quantitative estimate of drug-likeness (QED) is 0.632. The number of carbonyl (C=O) groups is 1. The Morgan fingerprint density at radius 1 is 1.44 bits per heavy atom. The fourth-order valence-electron chi connectivity index (χ4n) is 1.16. The zero-order valence-corrected chi connectivity index (χ0v) is 10.3. The highest BCUT2D eigenvalue weighted by atomic mass is 32.2. The van der Waals surface area contributed by atoms with Crippen LogP contribution in [0.4, 0.5) is 18.9 Å². The van der Waals surface area contributed by atoms with Crippen LogP contribution in [0.15, 0.2) is 18.2 Å². The van der Waals surface area contributed by atoms with Crippen LogP contribution in [0.25, 0.3) is 0 Å². The van der Waals surface area contributed by atoms with Gasteiger partial charge in [0.2, 0.25) is 0 Å². The van der Waals surface area contributed by atoms with E-state index in [1.165, 1.54) is 19.1 Å². The van der Waals surface area contributed by atoms with Crippen LogP contribution in [-0.2, 0) is 11.0 Å². The third kappa shape index (κ3) is 4.34. The van der Waals surface area contributed by atoms with Crippen LogP contribution in [0.3, 0.4) is 0 Å². The lowest BCUT2D eigenvalue weighted by Gasteiger charge is -2.09. The van der Waals surface area contributed by atoms with E-state index in [2.05, 4.69) is 11.8 Å². The topological polar surface area (TPSA) is 43.1 Å². The molecule has 1 rings (SSSR count). The third-order valence-corrected chi connectivity index (χ3v) is 2.63. The average molecular weight is 273 g/mol. The second kappa shape index (κ2) is 5.83. The molecule has 1 aromatic carbocycles. The molecule has 0 amide bonds. The lowest BCUT2D eigenvalue weighted by Crippen LogP contribution is -2.09. The predicted octanol–water partition coefficient (Wildman–Crippen LogP) is 2.92. The Bertz CT molecular complexity index is 514. The van der Waals surface area contributed by atoms with Crippen molar-refractivity contribution < 1.29 is 18.0 Å². The van der Waals surface area contributed by atoms with E-state index >= 15 is 0 Å². The first-order valence-corrected chi connectivity index (χ1v) is 5.88. The van der Waals surface area contributed by atoms with Gasteiger partial charge in [0.1, 0.15) is 0 Å². The molecule has 96 valence electrons. The van der Waals surface area contributed by atoms with Crippen LogP contribution in [0.5, 0.6) is 0 Å². The molecule has 0 aliphatic heterocycles. The van der Waals surface area contributed by atoms with E-state index in [-0.39, 0.29) is 22.1 Å². The van der Waals surface area contributed by atoms with Crippen molar-refractivity contribution in [2.75, 3.05) is 11.5 Å². The molecule has 0 saturated carbocycles. The maximum Gasteiger partial charge on any atom is 0.418 e. The maximum absolute atomic E-state index is 12.5. The molecule has 0 fully saturated rings. The summed E-state index contributed by atoms with van der Waals surface area (Å²) >= 11 is 1.00. The number of nitrogen functional groups attached to an aromatic ring is 1. The SMILES string of the molecule is CC(=O)SCC#Cc1ccc(N)c(C(F)(F)F)c1. The molecule has 0 heterocycles. The van der Waals surface area contributed by atoms with Gasteiger partial charge < -0.3 is 5.73 Å². The summed E-state index contributed by atoms with van der Waals surface area (Å²) in [5, 5.41) is -0.0856. The molecule has 0 radical (unpaired) electrons. The van der Waals surface area contributed by atoms with Crippen molar-refractivity contribution in [2.45, 2.75) is 13.1 Å². The highest BCUT2D eigenvalue weighted by Crippen LogP contribution is 2.33. The van der Waals surface area contributed by atoms with Gasteiger partial charge in [-0.05, 0) is 18.2 Å². The number of nitrogens with two attached hydrogens (primary N) is 1. The van der Waals surface area contributed by atoms with Crippen LogP contribution >= 0.6 is 11.8 Å². The standard InChI is InChI=1S/C12H10F3NOS/c1-8(17)18-6-2-3-9-4-5-11(16)10(7-9)12(13,14)15/h4-5,7H,6,16H2,1H3. The van der Waals surface area contributed by atoms with Gasteiger partial charge in [-0.1, -0.05) is 23.6 Å². The summed E-state index contributed by atoms with van der Waals surface area (Å²) in [7, 11) is 0. The highest BCUT2D eigenvalue weighted by molar-refractivity contribution is 8.13. The normalized spacial score (nSPS) is 10.7. The van der Waals surface area contributed by atoms with Crippen LogP contribution in [-0.4, -0.2) is 10.9 Å². The molecule has 0 atom stereocenters. The average Bonchev–Trinajstić information content (AvgIpc) is 2.24. The molecule has 0 aliphatic carbocycles. The number of benzene rings is 1. The fraction of sp³-hybridized carbons (Fsp3) is 0.250. The smallest absolute Gasteiger partial charge is 0.398 e. The number of hydrogen-bond acceptors (Lipinski definition) is 3. The van der Waals surface area contributed by atoms with Crippen molar-refractivity contribution in [3.8, 4) is 11.8 Å². The zero-order valence-electron chi connectivity index (χ0n) is 9.47. The van der Waals surface area contributed by atoms with E-state index in [0.717, 1.165) is 17.8 Å². The summed E-state index contributed by atoms with van der Waals surface area (Å²) < 4.78 is 37.6. The Morgan fingerprint density at radius 2 is 2.11 bits per heavy atom. The number of alkyl halides is 3. The summed E-state index contributed by atoms with van der Waals surface area (Å²) in [6.45, 7) is 1.40. The minimum Gasteiger partial charge on any atom is -0.398 e. The van der Waals surface area contributed by atoms with Gasteiger partial charge >= 0.3 is 6.18 Å². The molecule has 0 bridgehead atoms. The van der Waals surface area contributed by atoms with E-state index in [1.807, 2.05) is 0 Å². The second-order valence-electron chi connectivity index (χ2n) is 3.38. The van der Waals surface area contributed by atoms with Gasteiger partial charge in [0.05, 0.1) is 11.3 Å². The molecule has 2 nitrogen and oxygen atoms in total. The molecule has 6 heteroatoms. The number of carbonyl (C=O) groups excluding carboxylic acids is 1. The Morgan fingerprint density at radius 3 is 2.67 bits per heavy atom. The molecule has 0 unspecified atom stereocenters. The number of thioether (sulfide) groups is 1. The molecule has 18 heavy (non-hydrogen) atoms. The van der Waals surface area contributed by atoms with Crippen molar-refractivity contribution >= 4 is 22.6 Å². The lowest BCUT2D eigenvalue weighted by atomic mass is 10.1. The molecular weight excluding hydrogens is 263 g/mol. The molecule has 1 aromatic rings. The zero-order chi connectivity index (χ0) is 13.8. The maximum atomic E-state index is 12.5. The monoisotopic (exact) mass is 273 g/mol. The van der Waals surface area contributed by atoms with Gasteiger partial charge in [-0.15, -0.1) is 0 Å². The molecular formula is C12H10F3NOS. The number of anilines is 1. The summed E-state index contributed by atoms with van der Waals surface area (Å²) in [6, 6.07) is 3.49. The third-order valence-electron chi connectivity index (χ3n) is 1.94. The van der Waals surface area contributed by atoms with Crippen LogP contribution in [0.1, 0.15) is 18.1 Å². The van der Waals surface area contributed by atoms with Gasteiger partial charge in [0.25, 0.3) is 0 Å². The molecule has 0 aromatic heterocycles. The summed E-state index contributed by atoms with van der Waals surface area (Å²) in [4.78, 5) is 10.6. The summed E-state index contributed by atoms with van der Waals surface area (Å²) in [6.07, 6.45) is -4.49. The fourth-order valence-corrected chi connectivity index (χ4v) is 1.50. The Labute approximate surface area is 107 Å². The first-order valence-electron chi connectivity index (χ1n) is 4.89. The van der Waals surface area contributed by atoms with E-state index < -0.39 is 11.7 Å². The first kappa shape index (κ1) is 14.5. The number of halogens is 3. The van der Waals surface area contributed by atoms with Crippen molar-refractivity contribution in [3.63, 3.8) is 0 Å². The Balaban J connectivity index is 2.89. The first-order chi connectivity index (χ1) is 8.30. The van der Waals surface area contributed by atoms with Crippen molar-refractivity contribution in [3.05, 3.63) is 29.3 Å². The van der Waals surface area contributed by atoms with Gasteiger partial charge in [0, 0.05) is 18.2 Å². The molecule has 0 spiro atoms. The minimum atomic E-state index is -4.49. The second-order valence-corrected chi connectivity index (χ2v) is 4.53. The Kier molecular flexibility index (Phi) is 4.68. The minimum absolute atomic E-state index is 0.0856. The van der Waals surface area contributed by atoms with E-state index in [9.17, 15) is 18.0 Å². The van der Waals surface area contributed by atoms with Crippen LogP contribution in [0, 0.1) is 11.8 Å². The van der Waals surface area contributed by atoms with Gasteiger partial charge in [-0.3, -0.25) is 4.79 Å². The van der Waals surface area contributed by atoms with Crippen molar-refractivity contribution in [2.24, 2.45) is 0 Å². The van der Waals surface area contributed by atoms with Crippen LogP contribution in [0.2, 0.25) is 0 Å². The van der Waals surface area contributed by atoms with E-state index in [0.29, 0.717) is 0 Å². The predicted molar refractivity (Wildman–Crippen MR) is 65.9 cm³/mol. The summed E-state index contributed by atoms with van der Waals surface area (Å²) in [5.74, 6) is 5.43.